The van der Waals surface area contributed by atoms with Gasteiger partial charge in [-0.1, -0.05) is 10.3 Å². The van der Waals surface area contributed by atoms with Crippen molar-refractivity contribution in [2.75, 3.05) is 12.4 Å². The first-order valence-corrected chi connectivity index (χ1v) is 7.45. The van der Waals surface area contributed by atoms with Gasteiger partial charge in [-0.3, -0.25) is 4.79 Å². The number of benzene rings is 1. The molecule has 0 spiro atoms. The van der Waals surface area contributed by atoms with Crippen molar-refractivity contribution in [1.29, 1.82) is 0 Å². The van der Waals surface area contributed by atoms with E-state index in [1.165, 1.54) is 38.4 Å². The third kappa shape index (κ3) is 5.43. The van der Waals surface area contributed by atoms with E-state index in [2.05, 4.69) is 20.4 Å². The van der Waals surface area contributed by atoms with E-state index in [-0.39, 0.29) is 17.3 Å². The molecule has 8 nitrogen and oxygen atoms in total. The smallest absolute Gasteiger partial charge is 0.387 e. The Morgan fingerprint density at radius 2 is 2.12 bits per heavy atom. The summed E-state index contributed by atoms with van der Waals surface area (Å²) in [6.45, 7) is 0.234. The van der Waals surface area contributed by atoms with Crippen molar-refractivity contribution in [3.8, 4) is 11.5 Å². The quantitative estimate of drug-likeness (QED) is 0.568. The predicted octanol–water partition coefficient (Wildman–Crippen LogP) is 2.97. The topological polar surface area (TPSA) is 95.2 Å². The molecule has 1 amide bonds. The number of carbonyl (C=O) groups is 1. The number of aryl methyl sites for hydroxylation is 1. The van der Waals surface area contributed by atoms with E-state index in [1.54, 1.807) is 13.0 Å². The predicted molar refractivity (Wildman–Crippen MR) is 87.6 cm³/mol. The Morgan fingerprint density at radius 3 is 2.73 bits per heavy atom. The molecule has 0 aliphatic carbocycles. The molecule has 0 saturated carbocycles. The molecule has 26 heavy (non-hydrogen) atoms. The van der Waals surface area contributed by atoms with Crippen LogP contribution in [0.2, 0.25) is 0 Å². The number of halogens is 2. The lowest BCUT2D eigenvalue weighted by Gasteiger charge is -2.10. The van der Waals surface area contributed by atoms with Gasteiger partial charge in [-0.2, -0.15) is 8.78 Å². The number of hydrogen-bond acceptors (Lipinski definition) is 7. The summed E-state index contributed by atoms with van der Waals surface area (Å²) in [7, 11) is 1.32. The highest BCUT2D eigenvalue weighted by Gasteiger charge is 2.16. The number of methoxy groups -OCH3 is 1. The van der Waals surface area contributed by atoms with Gasteiger partial charge >= 0.3 is 6.61 Å². The summed E-state index contributed by atoms with van der Waals surface area (Å²) in [6, 6.07) is 5.79. The number of oxime groups is 1. The number of alkyl halides is 2. The van der Waals surface area contributed by atoms with Crippen LogP contribution < -0.4 is 14.8 Å². The zero-order chi connectivity index (χ0) is 19.1. The van der Waals surface area contributed by atoms with Gasteiger partial charge in [0, 0.05) is 11.6 Å². The highest BCUT2D eigenvalue weighted by Crippen LogP contribution is 2.28. The number of amides is 1. The van der Waals surface area contributed by atoms with Gasteiger partial charge in [0.15, 0.2) is 17.3 Å². The molecule has 1 aromatic carbocycles. The summed E-state index contributed by atoms with van der Waals surface area (Å²) in [4.78, 5) is 17.0. The minimum Gasteiger partial charge on any atom is -0.493 e. The molecule has 0 fully saturated rings. The Bertz CT molecular complexity index is 779. The Hall–Kier alpha value is -3.17. The van der Waals surface area contributed by atoms with E-state index < -0.39 is 18.6 Å². The van der Waals surface area contributed by atoms with Crippen LogP contribution in [-0.4, -0.2) is 37.1 Å². The van der Waals surface area contributed by atoms with E-state index in [0.29, 0.717) is 11.3 Å². The lowest BCUT2D eigenvalue weighted by molar-refractivity contribution is -0.126. The fourth-order valence-electron chi connectivity index (χ4n) is 1.84. The molecule has 1 heterocycles. The van der Waals surface area contributed by atoms with Crippen molar-refractivity contribution in [2.45, 2.75) is 26.6 Å². The second-order valence-electron chi connectivity index (χ2n) is 5.08. The first kappa shape index (κ1) is 19.2. The minimum absolute atomic E-state index is 0.101. The maximum atomic E-state index is 12.3. The molecule has 0 saturated heterocycles. The molecule has 2 rings (SSSR count). The van der Waals surface area contributed by atoms with E-state index in [1.807, 2.05) is 0 Å². The molecule has 2 aromatic rings. The Labute approximate surface area is 147 Å². The van der Waals surface area contributed by atoms with Gasteiger partial charge in [-0.25, -0.2) is 0 Å². The maximum Gasteiger partial charge on any atom is 0.387 e. The van der Waals surface area contributed by atoms with E-state index in [9.17, 15) is 13.6 Å². The van der Waals surface area contributed by atoms with Crippen molar-refractivity contribution in [1.82, 2.24) is 5.16 Å². The van der Waals surface area contributed by atoms with Gasteiger partial charge in [0.1, 0.15) is 5.76 Å². The highest BCUT2D eigenvalue weighted by molar-refractivity contribution is 5.93. The molecular formula is C16H17F2N3O5. The highest BCUT2D eigenvalue weighted by atomic mass is 19.3. The zero-order valence-electron chi connectivity index (χ0n) is 14.2. The standard InChI is InChI=1S/C16H17F2N3O5/c1-9-6-14(21-25-9)20-15(22)10(2)26-19-8-11-4-5-12(24-16(17)18)13(7-11)23-3/h4-8,10,16H,1-3H3,(H,20,21,22)/b19-8+. The number of ether oxygens (including phenoxy) is 2. The lowest BCUT2D eigenvalue weighted by Crippen LogP contribution is -2.26. The van der Waals surface area contributed by atoms with Crippen LogP contribution in [0.5, 0.6) is 11.5 Å². The van der Waals surface area contributed by atoms with Crippen molar-refractivity contribution < 1.29 is 32.4 Å². The molecular weight excluding hydrogens is 352 g/mol. The van der Waals surface area contributed by atoms with Crippen LogP contribution in [0.25, 0.3) is 0 Å². The van der Waals surface area contributed by atoms with Crippen LogP contribution in [0.15, 0.2) is 33.9 Å². The van der Waals surface area contributed by atoms with Crippen molar-refractivity contribution in [3.05, 3.63) is 35.6 Å². The average Bonchev–Trinajstić information content (AvgIpc) is 3.00. The molecule has 0 aliphatic rings. The van der Waals surface area contributed by atoms with Crippen LogP contribution >= 0.6 is 0 Å². The van der Waals surface area contributed by atoms with Gasteiger partial charge in [0.05, 0.1) is 13.3 Å². The van der Waals surface area contributed by atoms with Crippen LogP contribution in [-0.2, 0) is 9.63 Å². The fraction of sp³-hybridized carbons (Fsp3) is 0.312. The van der Waals surface area contributed by atoms with Gasteiger partial charge in [0.2, 0.25) is 6.10 Å². The van der Waals surface area contributed by atoms with Crippen molar-refractivity contribution in [3.63, 3.8) is 0 Å². The Kier molecular flexibility index (Phi) is 6.48. The average molecular weight is 369 g/mol. The number of carbonyl (C=O) groups excluding carboxylic acids is 1. The van der Waals surface area contributed by atoms with Crippen LogP contribution in [0.1, 0.15) is 18.2 Å². The van der Waals surface area contributed by atoms with Crippen molar-refractivity contribution in [2.24, 2.45) is 5.16 Å². The second-order valence-corrected chi connectivity index (χ2v) is 5.08. The molecule has 0 radical (unpaired) electrons. The number of nitrogens with one attached hydrogen (secondary N) is 1. The Balaban J connectivity index is 1.93. The molecule has 10 heteroatoms. The van der Waals surface area contributed by atoms with E-state index in [4.69, 9.17) is 14.1 Å². The number of rotatable bonds is 8. The number of hydrogen-bond donors (Lipinski definition) is 1. The summed E-state index contributed by atoms with van der Waals surface area (Å²) >= 11 is 0. The normalized spacial score (nSPS) is 12.2. The van der Waals surface area contributed by atoms with Gasteiger partial charge in [-0.05, 0) is 32.0 Å². The maximum absolute atomic E-state index is 12.3. The summed E-state index contributed by atoms with van der Waals surface area (Å²) in [6.07, 6.45) is 0.408. The summed E-state index contributed by atoms with van der Waals surface area (Å²) < 4.78 is 38.7. The molecule has 1 atom stereocenters. The second kappa shape index (κ2) is 8.79. The molecule has 0 bridgehead atoms. The molecule has 1 N–H and O–H groups in total. The van der Waals surface area contributed by atoms with Crippen LogP contribution in [0.4, 0.5) is 14.6 Å². The number of anilines is 1. The third-order valence-electron chi connectivity index (χ3n) is 3.07. The fourth-order valence-corrected chi connectivity index (χ4v) is 1.84. The van der Waals surface area contributed by atoms with E-state index in [0.717, 1.165) is 0 Å². The monoisotopic (exact) mass is 369 g/mol. The summed E-state index contributed by atoms with van der Waals surface area (Å²) in [5, 5.41) is 9.84. The summed E-state index contributed by atoms with van der Waals surface area (Å²) in [5.41, 5.74) is 0.503. The molecule has 0 aliphatic heterocycles. The van der Waals surface area contributed by atoms with Gasteiger partial charge in [-0.15, -0.1) is 0 Å². The van der Waals surface area contributed by atoms with Crippen LogP contribution in [0.3, 0.4) is 0 Å². The third-order valence-corrected chi connectivity index (χ3v) is 3.07. The molecule has 1 aromatic heterocycles. The largest absolute Gasteiger partial charge is 0.493 e. The van der Waals surface area contributed by atoms with Gasteiger partial charge in [0.25, 0.3) is 5.91 Å². The zero-order valence-corrected chi connectivity index (χ0v) is 14.2. The van der Waals surface area contributed by atoms with Crippen molar-refractivity contribution >= 4 is 17.9 Å². The Morgan fingerprint density at radius 1 is 1.35 bits per heavy atom. The molecule has 140 valence electrons. The summed E-state index contributed by atoms with van der Waals surface area (Å²) in [5.74, 6) is 0.373. The minimum atomic E-state index is -2.96. The lowest BCUT2D eigenvalue weighted by atomic mass is 10.2. The van der Waals surface area contributed by atoms with Gasteiger partial charge < -0.3 is 24.2 Å². The van der Waals surface area contributed by atoms with E-state index >= 15 is 0 Å². The first-order valence-electron chi connectivity index (χ1n) is 7.45. The number of nitrogens with zero attached hydrogens (tertiary/aromatic N) is 2. The SMILES string of the molecule is COc1cc(/C=N/OC(C)C(=O)Nc2cc(C)on2)ccc1OC(F)F. The number of aromatic nitrogens is 1. The van der Waals surface area contributed by atoms with Crippen LogP contribution in [0, 0.1) is 6.92 Å². The first-order chi connectivity index (χ1) is 12.4. The molecule has 1 unspecified atom stereocenters.